The van der Waals surface area contributed by atoms with Gasteiger partial charge in [0.05, 0.1) is 0 Å². The van der Waals surface area contributed by atoms with Crippen molar-refractivity contribution >= 4 is 11.6 Å². The zero-order chi connectivity index (χ0) is 13.5. The number of anilines is 1. The summed E-state index contributed by atoms with van der Waals surface area (Å²) in [5.41, 5.74) is 7.57. The molecular weight excluding hydrogens is 226 g/mol. The highest BCUT2D eigenvalue weighted by Gasteiger charge is 2.08. The van der Waals surface area contributed by atoms with E-state index in [0.717, 1.165) is 30.8 Å². The third-order valence-electron chi connectivity index (χ3n) is 2.89. The van der Waals surface area contributed by atoms with Gasteiger partial charge in [0.1, 0.15) is 0 Å². The summed E-state index contributed by atoms with van der Waals surface area (Å²) >= 11 is 0. The molecule has 1 amide bonds. The Bertz CT molecular complexity index is 390. The van der Waals surface area contributed by atoms with Crippen molar-refractivity contribution in [3.63, 3.8) is 0 Å². The molecule has 0 aromatic heterocycles. The van der Waals surface area contributed by atoms with Gasteiger partial charge in [0.2, 0.25) is 5.91 Å². The van der Waals surface area contributed by atoms with E-state index in [4.69, 9.17) is 5.73 Å². The highest BCUT2D eigenvalue weighted by atomic mass is 16.2. The smallest absolute Gasteiger partial charge is 0.222 e. The van der Waals surface area contributed by atoms with Gasteiger partial charge < -0.3 is 15.5 Å². The molecule has 4 heteroatoms. The van der Waals surface area contributed by atoms with E-state index < -0.39 is 0 Å². The third kappa shape index (κ3) is 5.19. The first-order valence-electron chi connectivity index (χ1n) is 6.22. The number of benzene rings is 1. The maximum Gasteiger partial charge on any atom is 0.222 e. The molecule has 0 bridgehead atoms. The SMILES string of the molecule is CN(C)CCN(C)C(=O)CCc1cccc(N)c1. The van der Waals surface area contributed by atoms with Crippen LogP contribution in [0.15, 0.2) is 24.3 Å². The average Bonchev–Trinajstić information content (AvgIpc) is 2.33. The van der Waals surface area contributed by atoms with Gasteiger partial charge in [0, 0.05) is 32.2 Å². The molecule has 0 radical (unpaired) electrons. The molecule has 0 fully saturated rings. The summed E-state index contributed by atoms with van der Waals surface area (Å²) in [6.45, 7) is 1.66. The molecule has 0 aliphatic carbocycles. The molecular formula is C14H23N3O. The molecule has 0 saturated carbocycles. The zero-order valence-corrected chi connectivity index (χ0v) is 11.5. The summed E-state index contributed by atoms with van der Waals surface area (Å²) in [4.78, 5) is 15.7. The number of nitrogens with two attached hydrogens (primary N) is 1. The number of carbonyl (C=O) groups is 1. The van der Waals surface area contributed by atoms with Gasteiger partial charge in [-0.3, -0.25) is 4.79 Å². The van der Waals surface area contributed by atoms with Crippen LogP contribution in [0.4, 0.5) is 5.69 Å². The van der Waals surface area contributed by atoms with Crippen molar-refractivity contribution in [1.29, 1.82) is 0 Å². The van der Waals surface area contributed by atoms with Gasteiger partial charge in [-0.05, 0) is 38.2 Å². The lowest BCUT2D eigenvalue weighted by Crippen LogP contribution is -2.33. The van der Waals surface area contributed by atoms with Gasteiger partial charge in [-0.1, -0.05) is 12.1 Å². The predicted molar refractivity (Wildman–Crippen MR) is 75.4 cm³/mol. The highest BCUT2D eigenvalue weighted by Crippen LogP contribution is 2.09. The topological polar surface area (TPSA) is 49.6 Å². The van der Waals surface area contributed by atoms with Crippen LogP contribution >= 0.6 is 0 Å². The molecule has 1 aromatic carbocycles. The van der Waals surface area contributed by atoms with Crippen molar-refractivity contribution in [2.45, 2.75) is 12.8 Å². The molecule has 18 heavy (non-hydrogen) atoms. The van der Waals surface area contributed by atoms with Crippen molar-refractivity contribution in [3.8, 4) is 0 Å². The standard InChI is InChI=1S/C14H23N3O/c1-16(2)9-10-17(3)14(18)8-7-12-5-4-6-13(15)11-12/h4-6,11H,7-10,15H2,1-3H3. The van der Waals surface area contributed by atoms with Crippen LogP contribution < -0.4 is 5.73 Å². The van der Waals surface area contributed by atoms with Gasteiger partial charge in [0.25, 0.3) is 0 Å². The van der Waals surface area contributed by atoms with Gasteiger partial charge in [0.15, 0.2) is 0 Å². The first-order chi connectivity index (χ1) is 8.49. The van der Waals surface area contributed by atoms with Crippen molar-refractivity contribution in [2.24, 2.45) is 0 Å². The Kier molecular flexibility index (Phi) is 5.65. The number of nitrogen functional groups attached to an aromatic ring is 1. The van der Waals surface area contributed by atoms with Crippen LogP contribution in [0.3, 0.4) is 0 Å². The monoisotopic (exact) mass is 249 g/mol. The summed E-state index contributed by atoms with van der Waals surface area (Å²) in [7, 11) is 5.86. The molecule has 0 spiro atoms. The van der Waals surface area contributed by atoms with E-state index in [1.54, 1.807) is 4.90 Å². The number of amides is 1. The fourth-order valence-electron chi connectivity index (χ4n) is 1.67. The maximum absolute atomic E-state index is 11.9. The van der Waals surface area contributed by atoms with E-state index in [9.17, 15) is 4.79 Å². The Morgan fingerprint density at radius 1 is 1.22 bits per heavy atom. The van der Waals surface area contributed by atoms with Crippen molar-refractivity contribution in [3.05, 3.63) is 29.8 Å². The van der Waals surface area contributed by atoms with Crippen LogP contribution in [0.1, 0.15) is 12.0 Å². The quantitative estimate of drug-likeness (QED) is 0.771. The molecule has 0 heterocycles. The number of likely N-dealkylation sites (N-methyl/N-ethyl adjacent to an activating group) is 2. The van der Waals surface area contributed by atoms with Crippen LogP contribution in [0.5, 0.6) is 0 Å². The Balaban J connectivity index is 2.36. The minimum atomic E-state index is 0.180. The molecule has 0 unspecified atom stereocenters. The van der Waals surface area contributed by atoms with Crippen molar-refractivity contribution in [1.82, 2.24) is 9.80 Å². The molecule has 1 aromatic rings. The van der Waals surface area contributed by atoms with Gasteiger partial charge in [-0.15, -0.1) is 0 Å². The lowest BCUT2D eigenvalue weighted by atomic mass is 10.1. The van der Waals surface area contributed by atoms with Gasteiger partial charge in [-0.25, -0.2) is 0 Å². The Morgan fingerprint density at radius 3 is 2.56 bits per heavy atom. The highest BCUT2D eigenvalue weighted by molar-refractivity contribution is 5.76. The van der Waals surface area contributed by atoms with Gasteiger partial charge >= 0.3 is 0 Å². The van der Waals surface area contributed by atoms with Crippen molar-refractivity contribution in [2.75, 3.05) is 40.0 Å². The van der Waals surface area contributed by atoms with E-state index in [-0.39, 0.29) is 5.91 Å². The van der Waals surface area contributed by atoms with Crippen LogP contribution in [-0.2, 0) is 11.2 Å². The second-order valence-corrected chi connectivity index (χ2v) is 4.86. The van der Waals surface area contributed by atoms with Crippen LogP contribution in [0.2, 0.25) is 0 Å². The molecule has 1 rings (SSSR count). The minimum absolute atomic E-state index is 0.180. The Hall–Kier alpha value is -1.55. The number of carbonyl (C=O) groups excluding carboxylic acids is 1. The van der Waals surface area contributed by atoms with E-state index in [1.807, 2.05) is 45.4 Å². The first kappa shape index (κ1) is 14.5. The first-order valence-corrected chi connectivity index (χ1v) is 6.22. The summed E-state index contributed by atoms with van der Waals surface area (Å²) in [6.07, 6.45) is 1.28. The largest absolute Gasteiger partial charge is 0.399 e. The van der Waals surface area contributed by atoms with Crippen LogP contribution in [0.25, 0.3) is 0 Å². The summed E-state index contributed by atoms with van der Waals surface area (Å²) in [6, 6.07) is 7.70. The summed E-state index contributed by atoms with van der Waals surface area (Å²) in [5.74, 6) is 0.180. The maximum atomic E-state index is 11.9. The van der Waals surface area contributed by atoms with E-state index >= 15 is 0 Å². The number of rotatable bonds is 6. The molecule has 100 valence electrons. The Labute approximate surface area is 109 Å². The molecule has 0 atom stereocenters. The zero-order valence-electron chi connectivity index (χ0n) is 11.5. The lowest BCUT2D eigenvalue weighted by molar-refractivity contribution is -0.129. The predicted octanol–water partition coefficient (Wildman–Crippen LogP) is 1.22. The van der Waals surface area contributed by atoms with E-state index in [2.05, 4.69) is 4.90 Å². The lowest BCUT2D eigenvalue weighted by Gasteiger charge is -2.19. The fourth-order valence-corrected chi connectivity index (χ4v) is 1.67. The number of hydrogen-bond acceptors (Lipinski definition) is 3. The Morgan fingerprint density at radius 2 is 1.94 bits per heavy atom. The van der Waals surface area contributed by atoms with Crippen LogP contribution in [-0.4, -0.2) is 49.9 Å². The molecule has 4 nitrogen and oxygen atoms in total. The van der Waals surface area contributed by atoms with Crippen molar-refractivity contribution < 1.29 is 4.79 Å². The molecule has 0 saturated heterocycles. The number of nitrogens with zero attached hydrogens (tertiary/aromatic N) is 2. The fraction of sp³-hybridized carbons (Fsp3) is 0.500. The third-order valence-corrected chi connectivity index (χ3v) is 2.89. The van der Waals surface area contributed by atoms with Crippen LogP contribution in [0, 0.1) is 0 Å². The summed E-state index contributed by atoms with van der Waals surface area (Å²) in [5, 5.41) is 0. The second kappa shape index (κ2) is 7.01. The molecule has 2 N–H and O–H groups in total. The van der Waals surface area contributed by atoms with E-state index in [0.29, 0.717) is 6.42 Å². The minimum Gasteiger partial charge on any atom is -0.399 e. The molecule has 0 aliphatic rings. The normalized spacial score (nSPS) is 10.7. The number of aryl methyl sites for hydroxylation is 1. The summed E-state index contributed by atoms with van der Waals surface area (Å²) < 4.78 is 0. The van der Waals surface area contributed by atoms with Gasteiger partial charge in [-0.2, -0.15) is 0 Å². The number of hydrogen-bond donors (Lipinski definition) is 1. The average molecular weight is 249 g/mol. The van der Waals surface area contributed by atoms with E-state index in [1.165, 1.54) is 0 Å². The molecule has 0 aliphatic heterocycles. The second-order valence-electron chi connectivity index (χ2n) is 4.86.